The topological polar surface area (TPSA) is 73.6 Å². The maximum absolute atomic E-state index is 9.14. The van der Waals surface area contributed by atoms with E-state index in [1.165, 1.54) is 0 Å². The van der Waals surface area contributed by atoms with Crippen LogP contribution in [0.15, 0.2) is 30.3 Å². The lowest BCUT2D eigenvalue weighted by Crippen LogP contribution is -2.08. The van der Waals surface area contributed by atoms with E-state index in [0.29, 0.717) is 23.1 Å². The summed E-state index contributed by atoms with van der Waals surface area (Å²) in [6.07, 6.45) is 1.09. The minimum Gasteiger partial charge on any atom is -0.370 e. The fourth-order valence-electron chi connectivity index (χ4n) is 2.04. The molecule has 0 amide bonds. The van der Waals surface area contributed by atoms with E-state index >= 15 is 0 Å². The fraction of sp³-hybridized carbons (Fsp3) is 0.353. The molecule has 5 heteroatoms. The lowest BCUT2D eigenvalue weighted by Gasteiger charge is -2.11. The van der Waals surface area contributed by atoms with Gasteiger partial charge >= 0.3 is 0 Å². The number of aromatic nitrogens is 2. The Morgan fingerprint density at radius 3 is 2.64 bits per heavy atom. The molecule has 2 aromatic rings. The highest BCUT2D eigenvalue weighted by molar-refractivity contribution is 5.65. The van der Waals surface area contributed by atoms with Crippen molar-refractivity contribution in [2.75, 3.05) is 17.2 Å². The fourth-order valence-corrected chi connectivity index (χ4v) is 2.04. The molecule has 114 valence electrons. The van der Waals surface area contributed by atoms with Gasteiger partial charge in [-0.1, -0.05) is 26.0 Å². The van der Waals surface area contributed by atoms with Gasteiger partial charge in [-0.25, -0.2) is 9.97 Å². The monoisotopic (exact) mass is 295 g/mol. The van der Waals surface area contributed by atoms with Gasteiger partial charge in [0.2, 0.25) is 0 Å². The second-order valence-corrected chi connectivity index (χ2v) is 5.58. The molecule has 2 N–H and O–H groups in total. The molecule has 0 bridgehead atoms. The number of aryl methyl sites for hydroxylation is 1. The van der Waals surface area contributed by atoms with Crippen LogP contribution in [-0.2, 0) is 0 Å². The van der Waals surface area contributed by atoms with Crippen molar-refractivity contribution in [3.63, 3.8) is 0 Å². The van der Waals surface area contributed by atoms with E-state index in [-0.39, 0.29) is 0 Å². The average Bonchev–Trinajstić information content (AvgIpc) is 2.47. The molecule has 0 radical (unpaired) electrons. The van der Waals surface area contributed by atoms with Crippen LogP contribution in [0, 0.1) is 24.2 Å². The van der Waals surface area contributed by atoms with Crippen molar-refractivity contribution in [1.82, 2.24) is 9.97 Å². The van der Waals surface area contributed by atoms with Gasteiger partial charge in [-0.3, -0.25) is 0 Å². The van der Waals surface area contributed by atoms with Crippen molar-refractivity contribution in [3.05, 3.63) is 41.7 Å². The molecule has 1 aromatic heterocycles. The Morgan fingerprint density at radius 1 is 1.18 bits per heavy atom. The molecule has 0 fully saturated rings. The van der Waals surface area contributed by atoms with Gasteiger partial charge in [0.1, 0.15) is 23.5 Å². The van der Waals surface area contributed by atoms with E-state index in [9.17, 15) is 0 Å². The van der Waals surface area contributed by atoms with Gasteiger partial charge in [-0.2, -0.15) is 5.26 Å². The predicted octanol–water partition coefficient (Wildman–Crippen LogP) is 3.86. The van der Waals surface area contributed by atoms with Gasteiger partial charge < -0.3 is 10.6 Å². The van der Waals surface area contributed by atoms with E-state index < -0.39 is 0 Å². The zero-order chi connectivity index (χ0) is 15.9. The molecular formula is C17H21N5. The molecule has 0 aliphatic rings. The number of nitriles is 1. The average molecular weight is 295 g/mol. The van der Waals surface area contributed by atoms with Crippen molar-refractivity contribution in [2.45, 2.75) is 27.2 Å². The summed E-state index contributed by atoms with van der Waals surface area (Å²) in [7, 11) is 0. The minimum atomic E-state index is 0.591. The number of para-hydroxylation sites is 1. The summed E-state index contributed by atoms with van der Waals surface area (Å²) in [5.74, 6) is 2.81. The van der Waals surface area contributed by atoms with Gasteiger partial charge in [-0.15, -0.1) is 0 Å². The first-order chi connectivity index (χ1) is 10.6. The number of nitrogens with zero attached hydrogens (tertiary/aromatic N) is 3. The highest BCUT2D eigenvalue weighted by atomic mass is 15.1. The highest BCUT2D eigenvalue weighted by Crippen LogP contribution is 2.20. The molecule has 0 saturated heterocycles. The van der Waals surface area contributed by atoms with Gasteiger partial charge in [0.25, 0.3) is 0 Å². The summed E-state index contributed by atoms with van der Waals surface area (Å²) in [4.78, 5) is 8.76. The molecule has 0 saturated carbocycles. The van der Waals surface area contributed by atoms with Gasteiger partial charge in [0.05, 0.1) is 11.3 Å². The van der Waals surface area contributed by atoms with Crippen LogP contribution in [0.25, 0.3) is 0 Å². The first kappa shape index (κ1) is 15.8. The van der Waals surface area contributed by atoms with Crippen molar-refractivity contribution in [2.24, 2.45) is 5.92 Å². The maximum Gasteiger partial charge on any atom is 0.136 e. The smallest absolute Gasteiger partial charge is 0.136 e. The van der Waals surface area contributed by atoms with Crippen molar-refractivity contribution in [3.8, 4) is 6.07 Å². The number of hydrogen-bond acceptors (Lipinski definition) is 5. The lowest BCUT2D eigenvalue weighted by molar-refractivity contribution is 0.606. The summed E-state index contributed by atoms with van der Waals surface area (Å²) in [5.41, 5.74) is 1.34. The second-order valence-electron chi connectivity index (χ2n) is 5.58. The molecule has 22 heavy (non-hydrogen) atoms. The van der Waals surface area contributed by atoms with E-state index in [2.05, 4.69) is 40.5 Å². The third kappa shape index (κ3) is 4.45. The van der Waals surface area contributed by atoms with Crippen molar-refractivity contribution < 1.29 is 0 Å². The van der Waals surface area contributed by atoms with E-state index in [1.807, 2.05) is 31.2 Å². The Bertz CT molecular complexity index is 673. The molecule has 0 unspecified atom stereocenters. The van der Waals surface area contributed by atoms with E-state index in [4.69, 9.17) is 5.26 Å². The summed E-state index contributed by atoms with van der Waals surface area (Å²) < 4.78 is 0. The zero-order valence-corrected chi connectivity index (χ0v) is 13.2. The number of nitrogens with one attached hydrogen (secondary N) is 2. The molecule has 1 heterocycles. The van der Waals surface area contributed by atoms with E-state index in [0.717, 1.165) is 24.5 Å². The first-order valence-electron chi connectivity index (χ1n) is 7.44. The Balaban J connectivity index is 2.14. The Labute approximate surface area is 131 Å². The first-order valence-corrected chi connectivity index (χ1v) is 7.44. The van der Waals surface area contributed by atoms with Gasteiger partial charge in [-0.05, 0) is 31.4 Å². The normalized spacial score (nSPS) is 10.3. The molecule has 1 aromatic carbocycles. The van der Waals surface area contributed by atoms with Crippen molar-refractivity contribution in [1.29, 1.82) is 5.26 Å². The molecular weight excluding hydrogens is 274 g/mol. The van der Waals surface area contributed by atoms with Crippen LogP contribution < -0.4 is 10.6 Å². The van der Waals surface area contributed by atoms with Crippen LogP contribution in [0.2, 0.25) is 0 Å². The van der Waals surface area contributed by atoms with Crippen LogP contribution in [0.4, 0.5) is 17.3 Å². The van der Waals surface area contributed by atoms with E-state index in [1.54, 1.807) is 6.07 Å². The maximum atomic E-state index is 9.14. The van der Waals surface area contributed by atoms with Gasteiger partial charge in [0, 0.05) is 12.6 Å². The van der Waals surface area contributed by atoms with Crippen LogP contribution in [-0.4, -0.2) is 16.5 Å². The lowest BCUT2D eigenvalue weighted by atomic mass is 10.1. The largest absolute Gasteiger partial charge is 0.370 e. The molecule has 2 rings (SSSR count). The summed E-state index contributed by atoms with van der Waals surface area (Å²) in [6, 6.07) is 11.4. The molecule has 0 spiro atoms. The standard InChI is InChI=1S/C17H21N5/c1-12(2)8-9-19-16-10-17(21-13(3)20-16)22-15-7-5-4-6-14(15)11-18/h4-7,10,12H,8-9H2,1-3H3,(H2,19,20,21,22). The summed E-state index contributed by atoms with van der Waals surface area (Å²) in [6.45, 7) is 7.12. The number of rotatable bonds is 6. The third-order valence-corrected chi connectivity index (χ3v) is 3.18. The Morgan fingerprint density at radius 2 is 1.91 bits per heavy atom. The second kappa shape index (κ2) is 7.41. The van der Waals surface area contributed by atoms with Crippen LogP contribution in [0.1, 0.15) is 31.7 Å². The zero-order valence-electron chi connectivity index (χ0n) is 13.2. The highest BCUT2D eigenvalue weighted by Gasteiger charge is 2.05. The Hall–Kier alpha value is -2.61. The molecule has 5 nitrogen and oxygen atoms in total. The van der Waals surface area contributed by atoms with Crippen LogP contribution in [0.5, 0.6) is 0 Å². The van der Waals surface area contributed by atoms with Gasteiger partial charge in [0.15, 0.2) is 0 Å². The quantitative estimate of drug-likeness (QED) is 0.846. The SMILES string of the molecule is Cc1nc(NCCC(C)C)cc(Nc2ccccc2C#N)n1. The molecule has 0 aliphatic carbocycles. The summed E-state index contributed by atoms with van der Waals surface area (Å²) >= 11 is 0. The predicted molar refractivity (Wildman–Crippen MR) is 89.2 cm³/mol. The van der Waals surface area contributed by atoms with Crippen LogP contribution >= 0.6 is 0 Å². The molecule has 0 aliphatic heterocycles. The third-order valence-electron chi connectivity index (χ3n) is 3.18. The number of anilines is 3. The van der Waals surface area contributed by atoms with Crippen molar-refractivity contribution >= 4 is 17.3 Å². The minimum absolute atomic E-state index is 0.591. The summed E-state index contributed by atoms with van der Waals surface area (Å²) in [5, 5.41) is 15.6. The number of benzene rings is 1. The Kier molecular flexibility index (Phi) is 5.31. The van der Waals surface area contributed by atoms with Crippen LogP contribution in [0.3, 0.4) is 0 Å². The number of hydrogen-bond donors (Lipinski definition) is 2. The molecule has 0 atom stereocenters.